The van der Waals surface area contributed by atoms with Crippen molar-refractivity contribution in [3.05, 3.63) is 23.4 Å². The molecule has 88 valence electrons. The molecule has 0 radical (unpaired) electrons. The van der Waals surface area contributed by atoms with Crippen molar-refractivity contribution in [3.63, 3.8) is 0 Å². The van der Waals surface area contributed by atoms with Crippen LogP contribution in [0.15, 0.2) is 12.3 Å². The van der Waals surface area contributed by atoms with E-state index >= 15 is 0 Å². The van der Waals surface area contributed by atoms with Gasteiger partial charge in [0.25, 0.3) is 0 Å². The number of hydrogen-bond donors (Lipinski definition) is 1. The predicted molar refractivity (Wildman–Crippen MR) is 67.4 cm³/mol. The maximum absolute atomic E-state index is 5.60. The number of aromatic nitrogens is 1. The second-order valence-corrected chi connectivity index (χ2v) is 5.04. The van der Waals surface area contributed by atoms with Gasteiger partial charge in [0, 0.05) is 26.3 Å². The van der Waals surface area contributed by atoms with Gasteiger partial charge in [0.2, 0.25) is 0 Å². The van der Waals surface area contributed by atoms with E-state index in [1.54, 1.807) is 0 Å². The van der Waals surface area contributed by atoms with Crippen molar-refractivity contribution in [2.24, 2.45) is 17.6 Å². The van der Waals surface area contributed by atoms with Gasteiger partial charge in [-0.2, -0.15) is 0 Å². The lowest BCUT2D eigenvalue weighted by atomic mass is 10.2. The van der Waals surface area contributed by atoms with Crippen LogP contribution in [-0.2, 0) is 6.54 Å². The van der Waals surface area contributed by atoms with Crippen molar-refractivity contribution in [3.8, 4) is 0 Å². The Kier molecular flexibility index (Phi) is 3.15. The van der Waals surface area contributed by atoms with Crippen LogP contribution in [0.4, 0.5) is 5.82 Å². The lowest BCUT2D eigenvalue weighted by molar-refractivity contribution is 0.717. The third-order valence-corrected chi connectivity index (χ3v) is 3.49. The second-order valence-electron chi connectivity index (χ2n) is 5.04. The van der Waals surface area contributed by atoms with E-state index in [9.17, 15) is 0 Å². The zero-order valence-corrected chi connectivity index (χ0v) is 10.4. The number of nitrogens with zero attached hydrogens (tertiary/aromatic N) is 2. The predicted octanol–water partition coefficient (Wildman–Crippen LogP) is 1.94. The molecule has 2 rings (SSSR count). The van der Waals surface area contributed by atoms with Gasteiger partial charge in [0.1, 0.15) is 5.82 Å². The van der Waals surface area contributed by atoms with Gasteiger partial charge in [-0.15, -0.1) is 0 Å². The van der Waals surface area contributed by atoms with Crippen LogP contribution >= 0.6 is 0 Å². The quantitative estimate of drug-likeness (QED) is 0.841. The van der Waals surface area contributed by atoms with Crippen molar-refractivity contribution in [2.45, 2.75) is 26.8 Å². The van der Waals surface area contributed by atoms with Crippen molar-refractivity contribution < 1.29 is 0 Å². The molecular formula is C13H21N3. The molecule has 1 aliphatic carbocycles. The molecule has 1 aromatic rings. The van der Waals surface area contributed by atoms with Crippen LogP contribution in [0.25, 0.3) is 0 Å². The first kappa shape index (κ1) is 11.4. The summed E-state index contributed by atoms with van der Waals surface area (Å²) in [4.78, 5) is 6.77. The van der Waals surface area contributed by atoms with Crippen molar-refractivity contribution in [2.75, 3.05) is 18.5 Å². The summed E-state index contributed by atoms with van der Waals surface area (Å²) in [5.41, 5.74) is 7.93. The Morgan fingerprint density at radius 2 is 2.25 bits per heavy atom. The van der Waals surface area contributed by atoms with E-state index in [4.69, 9.17) is 5.73 Å². The van der Waals surface area contributed by atoms with E-state index in [2.05, 4.69) is 36.8 Å². The molecule has 2 N–H and O–H groups in total. The smallest absolute Gasteiger partial charge is 0.131 e. The van der Waals surface area contributed by atoms with Gasteiger partial charge in [-0.3, -0.25) is 0 Å². The van der Waals surface area contributed by atoms with Gasteiger partial charge >= 0.3 is 0 Å². The summed E-state index contributed by atoms with van der Waals surface area (Å²) in [6, 6.07) is 2.13. The van der Waals surface area contributed by atoms with Crippen molar-refractivity contribution in [1.82, 2.24) is 4.98 Å². The molecule has 1 heterocycles. The Labute approximate surface area is 97.7 Å². The fraction of sp³-hybridized carbons (Fsp3) is 0.615. The highest BCUT2D eigenvalue weighted by Gasteiger charge is 2.33. The SMILES string of the molecule is Cc1cc(CN)cnc1N(C)CC1CC1C. The zero-order chi connectivity index (χ0) is 11.7. The molecule has 0 saturated heterocycles. The Balaban J connectivity index is 2.07. The maximum atomic E-state index is 5.60. The molecule has 2 atom stereocenters. The fourth-order valence-corrected chi connectivity index (χ4v) is 2.23. The zero-order valence-electron chi connectivity index (χ0n) is 10.4. The lowest BCUT2D eigenvalue weighted by Crippen LogP contribution is -2.22. The molecule has 1 fully saturated rings. The third kappa shape index (κ3) is 2.35. The number of anilines is 1. The van der Waals surface area contributed by atoms with Crippen LogP contribution in [0.3, 0.4) is 0 Å². The summed E-state index contributed by atoms with van der Waals surface area (Å²) in [6.07, 6.45) is 3.25. The molecule has 0 aliphatic heterocycles. The average Bonchev–Trinajstić information content (AvgIpc) is 2.93. The highest BCUT2D eigenvalue weighted by molar-refractivity contribution is 5.46. The fourth-order valence-electron chi connectivity index (χ4n) is 2.23. The first-order chi connectivity index (χ1) is 7.61. The monoisotopic (exact) mass is 219 g/mol. The Hall–Kier alpha value is -1.09. The Morgan fingerprint density at radius 3 is 2.75 bits per heavy atom. The summed E-state index contributed by atoms with van der Waals surface area (Å²) >= 11 is 0. The number of nitrogens with two attached hydrogens (primary N) is 1. The van der Waals surface area contributed by atoms with Crippen LogP contribution in [0.1, 0.15) is 24.5 Å². The van der Waals surface area contributed by atoms with Gasteiger partial charge in [-0.25, -0.2) is 4.98 Å². The molecule has 1 saturated carbocycles. The molecule has 0 spiro atoms. The lowest BCUT2D eigenvalue weighted by Gasteiger charge is -2.20. The van der Waals surface area contributed by atoms with E-state index < -0.39 is 0 Å². The van der Waals surface area contributed by atoms with Crippen LogP contribution < -0.4 is 10.6 Å². The third-order valence-electron chi connectivity index (χ3n) is 3.49. The van der Waals surface area contributed by atoms with Gasteiger partial charge < -0.3 is 10.6 Å². The normalized spacial score (nSPS) is 23.2. The van der Waals surface area contributed by atoms with E-state index in [0.29, 0.717) is 6.54 Å². The number of aryl methyl sites for hydroxylation is 1. The minimum Gasteiger partial charge on any atom is -0.359 e. The minimum absolute atomic E-state index is 0.567. The number of hydrogen-bond acceptors (Lipinski definition) is 3. The number of pyridine rings is 1. The van der Waals surface area contributed by atoms with E-state index in [-0.39, 0.29) is 0 Å². The van der Waals surface area contributed by atoms with Crippen molar-refractivity contribution in [1.29, 1.82) is 0 Å². The van der Waals surface area contributed by atoms with Crippen molar-refractivity contribution >= 4 is 5.82 Å². The Morgan fingerprint density at radius 1 is 1.56 bits per heavy atom. The molecule has 0 amide bonds. The molecule has 2 unspecified atom stereocenters. The van der Waals surface area contributed by atoms with Crippen LogP contribution in [0.5, 0.6) is 0 Å². The van der Waals surface area contributed by atoms with Gasteiger partial charge in [-0.1, -0.05) is 6.92 Å². The first-order valence-corrected chi connectivity index (χ1v) is 5.98. The molecule has 16 heavy (non-hydrogen) atoms. The second kappa shape index (κ2) is 4.42. The molecule has 1 aliphatic rings. The molecule has 1 aromatic heterocycles. The summed E-state index contributed by atoms with van der Waals surface area (Å²) in [6.45, 7) is 6.11. The first-order valence-electron chi connectivity index (χ1n) is 5.98. The Bertz CT molecular complexity index is 375. The topological polar surface area (TPSA) is 42.1 Å². The maximum Gasteiger partial charge on any atom is 0.131 e. The summed E-state index contributed by atoms with van der Waals surface area (Å²) in [7, 11) is 2.13. The van der Waals surface area contributed by atoms with E-state index in [1.165, 1.54) is 12.0 Å². The highest BCUT2D eigenvalue weighted by Crippen LogP contribution is 2.38. The number of rotatable bonds is 4. The molecular weight excluding hydrogens is 198 g/mol. The largest absolute Gasteiger partial charge is 0.359 e. The minimum atomic E-state index is 0.567. The standard InChI is InChI=1S/C13H21N3/c1-9-5-12(9)8-16(3)13-10(2)4-11(6-14)7-15-13/h4,7,9,12H,5-6,8,14H2,1-3H3. The van der Waals surface area contributed by atoms with Crippen LogP contribution in [-0.4, -0.2) is 18.6 Å². The average molecular weight is 219 g/mol. The highest BCUT2D eigenvalue weighted by atomic mass is 15.2. The van der Waals surface area contributed by atoms with Crippen LogP contribution in [0, 0.1) is 18.8 Å². The van der Waals surface area contributed by atoms with Gasteiger partial charge in [0.15, 0.2) is 0 Å². The summed E-state index contributed by atoms with van der Waals surface area (Å²) in [5.74, 6) is 2.85. The molecule has 3 heteroatoms. The van der Waals surface area contributed by atoms with E-state index in [1.807, 2.05) is 6.20 Å². The summed E-state index contributed by atoms with van der Waals surface area (Å²) < 4.78 is 0. The summed E-state index contributed by atoms with van der Waals surface area (Å²) in [5, 5.41) is 0. The van der Waals surface area contributed by atoms with Gasteiger partial charge in [0.05, 0.1) is 0 Å². The van der Waals surface area contributed by atoms with E-state index in [0.717, 1.165) is 29.8 Å². The molecule has 3 nitrogen and oxygen atoms in total. The molecule has 0 bridgehead atoms. The molecule has 0 aromatic carbocycles. The van der Waals surface area contributed by atoms with Gasteiger partial charge in [-0.05, 0) is 42.4 Å². The van der Waals surface area contributed by atoms with Crippen LogP contribution in [0.2, 0.25) is 0 Å².